The second-order valence-electron chi connectivity index (χ2n) is 8.14. The lowest BCUT2D eigenvalue weighted by molar-refractivity contribution is 0.0749. The maximum absolute atomic E-state index is 13.8. The van der Waals surface area contributed by atoms with E-state index in [1.165, 1.54) is 0 Å². The van der Waals surface area contributed by atoms with Crippen LogP contribution in [0.15, 0.2) is 72.9 Å². The number of benzene rings is 2. The van der Waals surface area contributed by atoms with Gasteiger partial charge in [0.1, 0.15) is 5.82 Å². The van der Waals surface area contributed by atoms with Gasteiger partial charge in [-0.3, -0.25) is 4.79 Å². The third-order valence-electron chi connectivity index (χ3n) is 6.15. The molecule has 0 N–H and O–H groups in total. The predicted octanol–water partition coefficient (Wildman–Crippen LogP) is 4.51. The van der Waals surface area contributed by atoms with Crippen molar-refractivity contribution in [2.24, 2.45) is 7.05 Å². The van der Waals surface area contributed by atoms with Crippen molar-refractivity contribution in [2.45, 2.75) is 6.92 Å². The Morgan fingerprint density at radius 3 is 2.29 bits per heavy atom. The molecule has 1 aliphatic rings. The molecule has 156 valence electrons. The van der Waals surface area contributed by atoms with Crippen LogP contribution in [0.4, 0.5) is 5.82 Å². The molecule has 0 unspecified atom stereocenters. The number of carbonyl (C=O) groups excluding carboxylic acids is 1. The van der Waals surface area contributed by atoms with Gasteiger partial charge < -0.3 is 14.4 Å². The monoisotopic (exact) mass is 410 g/mol. The van der Waals surface area contributed by atoms with E-state index in [1.807, 2.05) is 55.4 Å². The first-order chi connectivity index (χ1) is 15.1. The first-order valence-corrected chi connectivity index (χ1v) is 10.7. The van der Waals surface area contributed by atoms with Crippen molar-refractivity contribution >= 4 is 22.6 Å². The van der Waals surface area contributed by atoms with Gasteiger partial charge in [-0.25, -0.2) is 4.98 Å². The molecule has 0 saturated carbocycles. The van der Waals surface area contributed by atoms with Crippen molar-refractivity contribution in [3.05, 3.63) is 84.1 Å². The third kappa shape index (κ3) is 3.46. The quantitative estimate of drug-likeness (QED) is 0.499. The number of rotatable bonds is 3. The van der Waals surface area contributed by atoms with Gasteiger partial charge in [-0.05, 0) is 30.2 Å². The summed E-state index contributed by atoms with van der Waals surface area (Å²) in [7, 11) is 2.04. The number of nitrogens with zero attached hydrogens (tertiary/aromatic N) is 4. The van der Waals surface area contributed by atoms with Crippen LogP contribution in [0.25, 0.3) is 22.2 Å². The zero-order valence-electron chi connectivity index (χ0n) is 18.0. The Morgan fingerprint density at radius 2 is 1.58 bits per heavy atom. The molecule has 5 nitrogen and oxygen atoms in total. The molecule has 5 rings (SSSR count). The Bertz CT molecular complexity index is 1220. The second kappa shape index (κ2) is 7.91. The first kappa shape index (κ1) is 19.4. The molecular formula is C26H26N4O. The number of piperazine rings is 1. The molecular weight excluding hydrogens is 384 g/mol. The molecule has 5 heteroatoms. The average Bonchev–Trinajstić information content (AvgIpc) is 3.12. The number of fused-ring (bicyclic) bond motifs is 1. The average molecular weight is 411 g/mol. The molecule has 0 spiro atoms. The minimum absolute atomic E-state index is 0.104. The molecule has 0 atom stereocenters. The minimum atomic E-state index is 0.104. The number of amides is 1. The van der Waals surface area contributed by atoms with E-state index in [0.717, 1.165) is 52.2 Å². The van der Waals surface area contributed by atoms with Crippen LogP contribution in [0, 0.1) is 6.92 Å². The van der Waals surface area contributed by atoms with Gasteiger partial charge in [0.2, 0.25) is 0 Å². The molecule has 0 bridgehead atoms. The smallest absolute Gasteiger partial charge is 0.256 e. The van der Waals surface area contributed by atoms with Crippen molar-refractivity contribution in [1.29, 1.82) is 0 Å². The van der Waals surface area contributed by atoms with E-state index < -0.39 is 0 Å². The number of hydrogen-bond acceptors (Lipinski definition) is 3. The molecule has 4 aromatic rings. The van der Waals surface area contributed by atoms with E-state index in [1.54, 1.807) is 0 Å². The highest BCUT2D eigenvalue weighted by Gasteiger charge is 2.28. The lowest BCUT2D eigenvalue weighted by Crippen LogP contribution is -2.49. The number of para-hydroxylation sites is 1. The fraction of sp³-hybridized carbons (Fsp3) is 0.231. The number of anilines is 1. The summed E-state index contributed by atoms with van der Waals surface area (Å²) >= 11 is 0. The van der Waals surface area contributed by atoms with Gasteiger partial charge in [-0.2, -0.15) is 0 Å². The maximum Gasteiger partial charge on any atom is 0.256 e. The van der Waals surface area contributed by atoms with Gasteiger partial charge in [-0.15, -0.1) is 0 Å². The molecule has 1 saturated heterocycles. The highest BCUT2D eigenvalue weighted by atomic mass is 16.2. The van der Waals surface area contributed by atoms with Crippen LogP contribution in [-0.2, 0) is 7.05 Å². The van der Waals surface area contributed by atoms with Gasteiger partial charge in [0.05, 0.1) is 11.3 Å². The van der Waals surface area contributed by atoms with Gasteiger partial charge >= 0.3 is 0 Å². The minimum Gasteiger partial charge on any atom is -0.353 e. The first-order valence-electron chi connectivity index (χ1n) is 10.7. The molecule has 0 radical (unpaired) electrons. The second-order valence-corrected chi connectivity index (χ2v) is 8.14. The van der Waals surface area contributed by atoms with E-state index in [2.05, 4.69) is 50.8 Å². The summed E-state index contributed by atoms with van der Waals surface area (Å²) in [5.74, 6) is 1.08. The highest BCUT2D eigenvalue weighted by Crippen LogP contribution is 2.34. The Balaban J connectivity index is 1.47. The summed E-state index contributed by atoms with van der Waals surface area (Å²) in [6.07, 6.45) is 1.90. The largest absolute Gasteiger partial charge is 0.353 e. The normalized spacial score (nSPS) is 14.3. The molecule has 0 aliphatic carbocycles. The summed E-state index contributed by atoms with van der Waals surface area (Å²) in [6.45, 7) is 4.99. The van der Waals surface area contributed by atoms with Crippen LogP contribution in [0.2, 0.25) is 0 Å². The number of carbonyl (C=O) groups is 1. The van der Waals surface area contributed by atoms with Crippen LogP contribution in [0.5, 0.6) is 0 Å². The third-order valence-corrected chi connectivity index (χ3v) is 6.15. The fourth-order valence-corrected chi connectivity index (χ4v) is 4.49. The molecule has 2 aromatic carbocycles. The van der Waals surface area contributed by atoms with E-state index in [4.69, 9.17) is 0 Å². The number of hydrogen-bond donors (Lipinski definition) is 0. The summed E-state index contributed by atoms with van der Waals surface area (Å²) in [5, 5.41) is 1.01. The van der Waals surface area contributed by atoms with Crippen LogP contribution >= 0.6 is 0 Å². The fourth-order valence-electron chi connectivity index (χ4n) is 4.49. The van der Waals surface area contributed by atoms with E-state index in [9.17, 15) is 4.79 Å². The Morgan fingerprint density at radius 1 is 0.871 bits per heavy atom. The van der Waals surface area contributed by atoms with Crippen LogP contribution in [0.3, 0.4) is 0 Å². The zero-order valence-corrected chi connectivity index (χ0v) is 18.0. The number of pyridine rings is 1. The van der Waals surface area contributed by atoms with Gasteiger partial charge in [0, 0.05) is 50.3 Å². The van der Waals surface area contributed by atoms with E-state index >= 15 is 0 Å². The van der Waals surface area contributed by atoms with Gasteiger partial charge in [0.25, 0.3) is 5.91 Å². The molecule has 1 fully saturated rings. The SMILES string of the molecule is Cc1ccc(N2CCN(C(=O)c3c(-c4ccccc4)n(C)c4ccccc34)CC2)nc1. The topological polar surface area (TPSA) is 41.4 Å². The van der Waals surface area contributed by atoms with Crippen molar-refractivity contribution in [1.82, 2.24) is 14.5 Å². The van der Waals surface area contributed by atoms with Crippen LogP contribution < -0.4 is 4.90 Å². The summed E-state index contributed by atoms with van der Waals surface area (Å²) < 4.78 is 2.14. The lowest BCUT2D eigenvalue weighted by atomic mass is 10.0. The zero-order chi connectivity index (χ0) is 21.4. The maximum atomic E-state index is 13.8. The van der Waals surface area contributed by atoms with Crippen LogP contribution in [0.1, 0.15) is 15.9 Å². The molecule has 1 aliphatic heterocycles. The summed E-state index contributed by atoms with van der Waals surface area (Å²) in [4.78, 5) is 22.6. The molecule has 3 heterocycles. The van der Waals surface area contributed by atoms with Crippen molar-refractivity contribution in [2.75, 3.05) is 31.1 Å². The highest BCUT2D eigenvalue weighted by molar-refractivity contribution is 6.12. The summed E-state index contributed by atoms with van der Waals surface area (Å²) in [5.41, 5.74) is 5.07. The van der Waals surface area contributed by atoms with Crippen molar-refractivity contribution < 1.29 is 4.79 Å². The van der Waals surface area contributed by atoms with Gasteiger partial charge in [0.15, 0.2) is 0 Å². The Kier molecular flexibility index (Phi) is 4.94. The van der Waals surface area contributed by atoms with E-state index in [-0.39, 0.29) is 5.91 Å². The molecule has 31 heavy (non-hydrogen) atoms. The Labute approximate surface area is 182 Å². The number of aromatic nitrogens is 2. The molecule has 2 aromatic heterocycles. The molecule has 1 amide bonds. The Hall–Kier alpha value is -3.60. The number of aryl methyl sites for hydroxylation is 2. The van der Waals surface area contributed by atoms with E-state index in [0.29, 0.717) is 13.1 Å². The standard InChI is InChI=1S/C26H26N4O/c1-19-12-13-23(27-18-19)29-14-16-30(17-15-29)26(31)24-21-10-6-7-11-22(21)28(2)25(24)20-8-4-3-5-9-20/h3-13,18H,14-17H2,1-2H3. The van der Waals surface area contributed by atoms with Crippen molar-refractivity contribution in [3.63, 3.8) is 0 Å². The predicted molar refractivity (Wildman–Crippen MR) is 125 cm³/mol. The van der Waals surface area contributed by atoms with Gasteiger partial charge in [-0.1, -0.05) is 54.6 Å². The van der Waals surface area contributed by atoms with Crippen LogP contribution in [-0.4, -0.2) is 46.5 Å². The van der Waals surface area contributed by atoms with Crippen molar-refractivity contribution in [3.8, 4) is 11.3 Å². The summed E-state index contributed by atoms with van der Waals surface area (Å²) in [6, 6.07) is 22.5. The lowest BCUT2D eigenvalue weighted by Gasteiger charge is -2.35.